The number of ether oxygens (including phenoxy) is 9. The molecule has 0 amide bonds. The van der Waals surface area contributed by atoms with E-state index in [1.54, 1.807) is 31.2 Å². The van der Waals surface area contributed by atoms with E-state index in [1.165, 1.54) is 14.2 Å². The highest BCUT2D eigenvalue weighted by atomic mass is 16.8. The molecule has 3 N–H and O–H groups in total. The standard InChI is InChI=1S/C29H32O13/c1-11-36-9-20-27(40-11)24(31)25(32)29(41-20)42-26-14-7-17-16(38-10-39-17)6-13(14)21(22-15(26)8-37-28(22)33)12-4-18(34-2)23(30)19(5-12)35-3/h4-7,11,15,20-22,24-27,29-32H,8-10H2,1-3H3/t11-,15+,20-,21-,22+,24-,25-,26?,27-,29?/m1/s1. The minimum atomic E-state index is -1.44. The Hall–Kier alpha value is -3.33. The molecule has 0 aromatic heterocycles. The number of hydrogen-bond acceptors (Lipinski definition) is 13. The number of carbonyl (C=O) groups is 1. The van der Waals surface area contributed by atoms with E-state index in [9.17, 15) is 20.1 Å². The first-order valence-electron chi connectivity index (χ1n) is 13.8. The van der Waals surface area contributed by atoms with Gasteiger partial charge < -0.3 is 58.0 Å². The monoisotopic (exact) mass is 588 g/mol. The van der Waals surface area contributed by atoms with Crippen LogP contribution in [0, 0.1) is 11.8 Å². The largest absolute Gasteiger partial charge is 0.502 e. The summed E-state index contributed by atoms with van der Waals surface area (Å²) < 4.78 is 51.5. The topological polar surface area (TPSA) is 161 Å². The second-order valence-electron chi connectivity index (χ2n) is 11.0. The number of rotatable bonds is 5. The normalized spacial score (nSPS) is 36.5. The van der Waals surface area contributed by atoms with Crippen molar-refractivity contribution in [3.05, 3.63) is 41.0 Å². The zero-order chi connectivity index (χ0) is 29.3. The maximum Gasteiger partial charge on any atom is 0.310 e. The average Bonchev–Trinajstić information content (AvgIpc) is 3.61. The van der Waals surface area contributed by atoms with E-state index in [-0.39, 0.29) is 37.3 Å². The summed E-state index contributed by atoms with van der Waals surface area (Å²) in [5.74, 6) is -1.02. The Balaban J connectivity index is 1.32. The summed E-state index contributed by atoms with van der Waals surface area (Å²) >= 11 is 0. The predicted octanol–water partition coefficient (Wildman–Crippen LogP) is 1.34. The number of esters is 1. The van der Waals surface area contributed by atoms with Crippen LogP contribution in [-0.4, -0.2) is 92.5 Å². The lowest BCUT2D eigenvalue weighted by Gasteiger charge is -2.47. The highest BCUT2D eigenvalue weighted by molar-refractivity contribution is 5.79. The number of aromatic hydroxyl groups is 1. The van der Waals surface area contributed by atoms with Crippen LogP contribution < -0.4 is 18.9 Å². The van der Waals surface area contributed by atoms with Gasteiger partial charge in [0, 0.05) is 11.8 Å². The highest BCUT2D eigenvalue weighted by Gasteiger charge is 2.56. The molecule has 13 heteroatoms. The molecule has 4 heterocycles. The minimum absolute atomic E-state index is 0.0301. The van der Waals surface area contributed by atoms with Crippen LogP contribution in [0.1, 0.15) is 35.6 Å². The summed E-state index contributed by atoms with van der Waals surface area (Å²) in [6.45, 7) is 1.93. The average molecular weight is 589 g/mol. The summed E-state index contributed by atoms with van der Waals surface area (Å²) in [6.07, 6.45) is -6.80. The molecule has 42 heavy (non-hydrogen) atoms. The van der Waals surface area contributed by atoms with Gasteiger partial charge >= 0.3 is 5.97 Å². The van der Waals surface area contributed by atoms with Crippen molar-refractivity contribution in [3.63, 3.8) is 0 Å². The lowest BCUT2D eigenvalue weighted by atomic mass is 9.66. The molecule has 0 bridgehead atoms. The van der Waals surface area contributed by atoms with Gasteiger partial charge in [-0.3, -0.25) is 4.79 Å². The van der Waals surface area contributed by atoms with Crippen molar-refractivity contribution in [1.82, 2.24) is 0 Å². The Labute approximate surface area is 240 Å². The summed E-state index contributed by atoms with van der Waals surface area (Å²) in [6, 6.07) is 6.93. The first kappa shape index (κ1) is 27.5. The molecule has 2 aromatic carbocycles. The van der Waals surface area contributed by atoms with Gasteiger partial charge in [-0.1, -0.05) is 0 Å². The van der Waals surface area contributed by atoms with Gasteiger partial charge in [-0.25, -0.2) is 0 Å². The van der Waals surface area contributed by atoms with Crippen LogP contribution in [0.5, 0.6) is 28.7 Å². The number of hydrogen-bond donors (Lipinski definition) is 3. The number of fused-ring (bicyclic) bond motifs is 4. The van der Waals surface area contributed by atoms with E-state index in [2.05, 4.69) is 0 Å². The Morgan fingerprint density at radius 3 is 2.26 bits per heavy atom. The summed E-state index contributed by atoms with van der Waals surface area (Å²) in [5.41, 5.74) is 2.01. The molecule has 0 spiro atoms. The molecule has 3 fully saturated rings. The van der Waals surface area contributed by atoms with Crippen molar-refractivity contribution in [3.8, 4) is 28.7 Å². The van der Waals surface area contributed by atoms with E-state index >= 15 is 0 Å². The Kier molecular flexibility index (Phi) is 6.83. The first-order chi connectivity index (χ1) is 20.3. The number of aliphatic hydroxyl groups is 2. The van der Waals surface area contributed by atoms with Gasteiger partial charge in [0.25, 0.3) is 0 Å². The Bertz CT molecular complexity index is 1350. The van der Waals surface area contributed by atoms with E-state index in [4.69, 9.17) is 42.6 Å². The van der Waals surface area contributed by atoms with Gasteiger partial charge in [-0.2, -0.15) is 0 Å². The van der Waals surface area contributed by atoms with Gasteiger partial charge in [-0.05, 0) is 47.9 Å². The molecular formula is C29H32O13. The molecule has 4 aliphatic heterocycles. The van der Waals surface area contributed by atoms with Crippen LogP contribution >= 0.6 is 0 Å². The third-order valence-corrected chi connectivity index (χ3v) is 8.75. The fourth-order valence-electron chi connectivity index (χ4n) is 6.74. The van der Waals surface area contributed by atoms with E-state index < -0.39 is 66.8 Å². The Morgan fingerprint density at radius 1 is 0.881 bits per heavy atom. The van der Waals surface area contributed by atoms with Gasteiger partial charge in [0.15, 0.2) is 35.6 Å². The van der Waals surface area contributed by atoms with Gasteiger partial charge in [0.05, 0.1) is 39.5 Å². The molecule has 0 radical (unpaired) electrons. The van der Waals surface area contributed by atoms with Crippen molar-refractivity contribution < 1.29 is 62.7 Å². The maximum atomic E-state index is 13.4. The number of benzene rings is 2. The summed E-state index contributed by atoms with van der Waals surface area (Å²) in [4.78, 5) is 13.4. The van der Waals surface area contributed by atoms with Crippen LogP contribution in [0.15, 0.2) is 24.3 Å². The van der Waals surface area contributed by atoms with Crippen molar-refractivity contribution in [2.24, 2.45) is 11.8 Å². The van der Waals surface area contributed by atoms with Crippen LogP contribution in [0.3, 0.4) is 0 Å². The predicted molar refractivity (Wildman–Crippen MR) is 138 cm³/mol. The molecule has 13 nitrogen and oxygen atoms in total. The van der Waals surface area contributed by atoms with Crippen LogP contribution in [0.2, 0.25) is 0 Å². The molecular weight excluding hydrogens is 556 g/mol. The third kappa shape index (κ3) is 4.26. The SMILES string of the molecule is COc1cc([C@@H]2c3cc4c(cc3C(OC3O[C@@H]5CO[C@@H](C)O[C@H]5[C@H](O)[C@H]3O)[C@H]3COC(=O)[C@H]23)OCO4)cc(OC)c1O. The molecule has 0 saturated carbocycles. The molecule has 1 aliphatic carbocycles. The highest BCUT2D eigenvalue weighted by Crippen LogP contribution is 2.57. The fraction of sp³-hybridized carbons (Fsp3) is 0.552. The summed E-state index contributed by atoms with van der Waals surface area (Å²) in [5, 5.41) is 32.5. The van der Waals surface area contributed by atoms with E-state index in [1.807, 2.05) is 0 Å². The molecule has 226 valence electrons. The zero-order valence-corrected chi connectivity index (χ0v) is 23.1. The molecule has 10 atom stereocenters. The van der Waals surface area contributed by atoms with Crippen molar-refractivity contribution >= 4 is 5.97 Å². The molecule has 7 rings (SSSR count). The quantitative estimate of drug-likeness (QED) is 0.430. The number of methoxy groups -OCH3 is 2. The number of cyclic esters (lactones) is 1. The molecule has 2 unspecified atom stereocenters. The number of carbonyl (C=O) groups excluding carboxylic acids is 1. The van der Waals surface area contributed by atoms with Gasteiger partial charge in [0.1, 0.15) is 24.4 Å². The van der Waals surface area contributed by atoms with Gasteiger partial charge in [-0.15, -0.1) is 0 Å². The fourth-order valence-corrected chi connectivity index (χ4v) is 6.74. The molecule has 5 aliphatic rings. The first-order valence-corrected chi connectivity index (χ1v) is 13.8. The minimum Gasteiger partial charge on any atom is -0.502 e. The number of phenols is 1. The van der Waals surface area contributed by atoms with E-state index in [0.29, 0.717) is 28.2 Å². The second kappa shape index (κ2) is 10.4. The second-order valence-corrected chi connectivity index (χ2v) is 11.0. The van der Waals surface area contributed by atoms with Crippen molar-refractivity contribution in [1.29, 1.82) is 0 Å². The number of phenolic OH excluding ortho intramolecular Hbond substituents is 1. The van der Waals surface area contributed by atoms with Crippen molar-refractivity contribution in [2.75, 3.05) is 34.2 Å². The summed E-state index contributed by atoms with van der Waals surface area (Å²) in [7, 11) is 2.86. The van der Waals surface area contributed by atoms with Crippen molar-refractivity contribution in [2.45, 2.75) is 55.9 Å². The number of aliphatic hydroxyl groups excluding tert-OH is 2. The molecule has 2 aromatic rings. The zero-order valence-electron chi connectivity index (χ0n) is 23.1. The van der Waals surface area contributed by atoms with Crippen LogP contribution in [0.25, 0.3) is 0 Å². The van der Waals surface area contributed by atoms with Crippen LogP contribution in [0.4, 0.5) is 0 Å². The van der Waals surface area contributed by atoms with Gasteiger partial charge in [0.2, 0.25) is 12.5 Å². The Morgan fingerprint density at radius 2 is 1.57 bits per heavy atom. The van der Waals surface area contributed by atoms with Crippen LogP contribution in [-0.2, 0) is 28.5 Å². The smallest absolute Gasteiger partial charge is 0.310 e. The van der Waals surface area contributed by atoms with E-state index in [0.717, 1.165) is 0 Å². The molecule has 3 saturated heterocycles. The maximum absolute atomic E-state index is 13.4. The lowest BCUT2D eigenvalue weighted by Crippen LogP contribution is -2.63. The third-order valence-electron chi connectivity index (χ3n) is 8.75. The lowest BCUT2D eigenvalue weighted by molar-refractivity contribution is -0.364.